The summed E-state index contributed by atoms with van der Waals surface area (Å²) in [5.41, 5.74) is 1.81. The Balaban J connectivity index is 2.25. The summed E-state index contributed by atoms with van der Waals surface area (Å²) in [4.78, 5) is 0. The summed E-state index contributed by atoms with van der Waals surface area (Å²) in [6.45, 7) is 11.3. The zero-order valence-electron chi connectivity index (χ0n) is 12.9. The van der Waals surface area contributed by atoms with E-state index in [0.717, 1.165) is 19.0 Å². The molecular weight excluding hydrogens is 234 g/mol. The van der Waals surface area contributed by atoms with E-state index in [0.29, 0.717) is 11.5 Å². The van der Waals surface area contributed by atoms with E-state index < -0.39 is 0 Å². The topological polar surface area (TPSA) is 29.9 Å². The first-order valence-electron chi connectivity index (χ1n) is 7.85. The molecule has 2 unspecified atom stereocenters. The van der Waals surface area contributed by atoms with Crippen LogP contribution in [0.2, 0.25) is 0 Å². The Bertz CT molecular complexity index is 394. The number of nitrogens with zero attached hydrogens (tertiary/aromatic N) is 2. The number of nitrogens with one attached hydrogen (secondary N) is 1. The highest BCUT2D eigenvalue weighted by Crippen LogP contribution is 2.48. The molecule has 0 spiro atoms. The van der Waals surface area contributed by atoms with Crippen molar-refractivity contribution in [1.29, 1.82) is 0 Å². The van der Waals surface area contributed by atoms with Gasteiger partial charge < -0.3 is 5.32 Å². The number of aryl methyl sites for hydroxylation is 1. The Morgan fingerprint density at radius 2 is 2.26 bits per heavy atom. The van der Waals surface area contributed by atoms with Crippen LogP contribution in [0.5, 0.6) is 0 Å². The van der Waals surface area contributed by atoms with Crippen LogP contribution in [-0.2, 0) is 6.54 Å². The molecule has 2 rings (SSSR count). The lowest BCUT2D eigenvalue weighted by Gasteiger charge is -2.35. The molecule has 0 bridgehead atoms. The monoisotopic (exact) mass is 263 g/mol. The maximum absolute atomic E-state index is 4.46. The van der Waals surface area contributed by atoms with E-state index in [1.165, 1.54) is 31.4 Å². The van der Waals surface area contributed by atoms with Crippen LogP contribution in [-0.4, -0.2) is 16.3 Å². The SMILES string of the molecule is CCCNC(c1ccnn1CC)C1CCCC1(C)C. The van der Waals surface area contributed by atoms with Gasteiger partial charge in [-0.1, -0.05) is 27.2 Å². The Kier molecular flexibility index (Phi) is 4.67. The molecule has 0 saturated heterocycles. The lowest BCUT2D eigenvalue weighted by molar-refractivity contribution is 0.191. The molecule has 108 valence electrons. The molecular formula is C16H29N3. The van der Waals surface area contributed by atoms with Crippen LogP contribution in [0, 0.1) is 11.3 Å². The lowest BCUT2D eigenvalue weighted by atomic mass is 9.76. The van der Waals surface area contributed by atoms with Crippen molar-refractivity contribution >= 4 is 0 Å². The second kappa shape index (κ2) is 6.08. The summed E-state index contributed by atoms with van der Waals surface area (Å²) in [5, 5.41) is 8.24. The van der Waals surface area contributed by atoms with E-state index in [1.54, 1.807) is 0 Å². The largest absolute Gasteiger partial charge is 0.308 e. The molecule has 3 heteroatoms. The molecule has 2 atom stereocenters. The van der Waals surface area contributed by atoms with E-state index in [1.807, 2.05) is 6.20 Å². The number of hydrogen-bond donors (Lipinski definition) is 1. The van der Waals surface area contributed by atoms with Crippen molar-refractivity contribution in [3.8, 4) is 0 Å². The van der Waals surface area contributed by atoms with Crippen molar-refractivity contribution in [1.82, 2.24) is 15.1 Å². The molecule has 0 aliphatic heterocycles. The van der Waals surface area contributed by atoms with Crippen LogP contribution < -0.4 is 5.32 Å². The molecule has 0 radical (unpaired) electrons. The molecule has 1 N–H and O–H groups in total. The average molecular weight is 263 g/mol. The van der Waals surface area contributed by atoms with E-state index >= 15 is 0 Å². The van der Waals surface area contributed by atoms with Gasteiger partial charge in [0.1, 0.15) is 0 Å². The predicted molar refractivity (Wildman–Crippen MR) is 80.1 cm³/mol. The second-order valence-electron chi connectivity index (χ2n) is 6.49. The Hall–Kier alpha value is -0.830. The van der Waals surface area contributed by atoms with Gasteiger partial charge in [0, 0.05) is 12.7 Å². The highest BCUT2D eigenvalue weighted by Gasteiger charge is 2.40. The minimum atomic E-state index is 0.439. The van der Waals surface area contributed by atoms with Gasteiger partial charge in [-0.15, -0.1) is 0 Å². The quantitative estimate of drug-likeness (QED) is 0.846. The van der Waals surface area contributed by atoms with Crippen molar-refractivity contribution in [3.05, 3.63) is 18.0 Å². The van der Waals surface area contributed by atoms with Crippen LogP contribution in [0.1, 0.15) is 65.1 Å². The normalized spacial score (nSPS) is 23.7. The molecule has 1 aromatic rings. The minimum absolute atomic E-state index is 0.439. The third-order valence-corrected chi connectivity index (χ3v) is 4.72. The lowest BCUT2D eigenvalue weighted by Crippen LogP contribution is -2.35. The van der Waals surface area contributed by atoms with E-state index in [2.05, 4.69) is 48.9 Å². The van der Waals surface area contributed by atoms with Crippen LogP contribution in [0.25, 0.3) is 0 Å². The van der Waals surface area contributed by atoms with Crippen LogP contribution in [0.3, 0.4) is 0 Å². The summed E-state index contributed by atoms with van der Waals surface area (Å²) in [6, 6.07) is 2.66. The summed E-state index contributed by atoms with van der Waals surface area (Å²) < 4.78 is 2.15. The van der Waals surface area contributed by atoms with Gasteiger partial charge >= 0.3 is 0 Å². The van der Waals surface area contributed by atoms with Crippen LogP contribution in [0.4, 0.5) is 0 Å². The fourth-order valence-electron chi connectivity index (χ4n) is 3.60. The summed E-state index contributed by atoms with van der Waals surface area (Å²) >= 11 is 0. The van der Waals surface area contributed by atoms with Crippen molar-refractivity contribution in [3.63, 3.8) is 0 Å². The number of rotatable bonds is 6. The summed E-state index contributed by atoms with van der Waals surface area (Å²) in [7, 11) is 0. The average Bonchev–Trinajstić information content (AvgIpc) is 2.97. The maximum atomic E-state index is 4.46. The Morgan fingerprint density at radius 3 is 2.84 bits per heavy atom. The molecule has 1 aliphatic rings. The minimum Gasteiger partial charge on any atom is -0.308 e. The second-order valence-corrected chi connectivity index (χ2v) is 6.49. The predicted octanol–water partition coefficient (Wildman–Crippen LogP) is 3.77. The molecule has 0 aromatic carbocycles. The van der Waals surface area contributed by atoms with E-state index in [-0.39, 0.29) is 0 Å². The zero-order valence-corrected chi connectivity index (χ0v) is 12.9. The first-order chi connectivity index (χ1) is 9.10. The molecule has 19 heavy (non-hydrogen) atoms. The summed E-state index contributed by atoms with van der Waals surface area (Å²) in [5.74, 6) is 0.723. The van der Waals surface area contributed by atoms with Crippen molar-refractivity contribution in [2.45, 2.75) is 66.0 Å². The first-order valence-corrected chi connectivity index (χ1v) is 7.85. The number of aromatic nitrogens is 2. The molecule has 3 nitrogen and oxygen atoms in total. The van der Waals surface area contributed by atoms with E-state index in [4.69, 9.17) is 0 Å². The Morgan fingerprint density at radius 1 is 1.47 bits per heavy atom. The van der Waals surface area contributed by atoms with Gasteiger partial charge in [0.2, 0.25) is 0 Å². The molecule has 1 saturated carbocycles. The third-order valence-electron chi connectivity index (χ3n) is 4.72. The maximum Gasteiger partial charge on any atom is 0.0556 e. The standard InChI is InChI=1S/C16H29N3/c1-5-11-17-15(13-8-7-10-16(13,3)4)14-9-12-18-19(14)6-2/h9,12-13,15,17H,5-8,10-11H2,1-4H3. The first kappa shape index (κ1) is 14.6. The number of hydrogen-bond acceptors (Lipinski definition) is 2. The van der Waals surface area contributed by atoms with Gasteiger partial charge in [-0.2, -0.15) is 5.10 Å². The van der Waals surface area contributed by atoms with Crippen molar-refractivity contribution in [2.24, 2.45) is 11.3 Å². The zero-order chi connectivity index (χ0) is 13.9. The van der Waals surface area contributed by atoms with Crippen molar-refractivity contribution in [2.75, 3.05) is 6.54 Å². The van der Waals surface area contributed by atoms with Crippen molar-refractivity contribution < 1.29 is 0 Å². The van der Waals surface area contributed by atoms with Gasteiger partial charge in [-0.05, 0) is 50.1 Å². The fourth-order valence-corrected chi connectivity index (χ4v) is 3.60. The molecule has 0 amide bonds. The van der Waals surface area contributed by atoms with E-state index in [9.17, 15) is 0 Å². The highest BCUT2D eigenvalue weighted by molar-refractivity contribution is 5.11. The van der Waals surface area contributed by atoms with Gasteiger partial charge in [0.15, 0.2) is 0 Å². The van der Waals surface area contributed by atoms with Gasteiger partial charge in [-0.25, -0.2) is 0 Å². The fraction of sp³-hybridized carbons (Fsp3) is 0.812. The molecule has 1 aliphatic carbocycles. The molecule has 1 aromatic heterocycles. The van der Waals surface area contributed by atoms with Gasteiger partial charge in [0.05, 0.1) is 11.7 Å². The summed E-state index contributed by atoms with van der Waals surface area (Å²) in [6.07, 6.45) is 7.18. The Labute approximate surface area is 117 Å². The highest BCUT2D eigenvalue weighted by atomic mass is 15.3. The van der Waals surface area contributed by atoms with Gasteiger partial charge in [-0.3, -0.25) is 4.68 Å². The molecule has 1 fully saturated rings. The third kappa shape index (κ3) is 3.02. The van der Waals surface area contributed by atoms with Gasteiger partial charge in [0.25, 0.3) is 0 Å². The van der Waals surface area contributed by atoms with Crippen LogP contribution >= 0.6 is 0 Å². The smallest absolute Gasteiger partial charge is 0.0556 e. The molecule has 1 heterocycles. The van der Waals surface area contributed by atoms with Crippen LogP contribution in [0.15, 0.2) is 12.3 Å².